The zero-order valence-electron chi connectivity index (χ0n) is 46.5. The number of allylic oxidation sites excluding steroid dienone is 12. The number of para-hydroxylation sites is 3. The summed E-state index contributed by atoms with van der Waals surface area (Å²) in [6, 6.07) is 54.6. The average molecular weight is 1010 g/mol. The molecule has 76 heavy (non-hydrogen) atoms. The Morgan fingerprint density at radius 3 is 1.68 bits per heavy atom. The predicted octanol–water partition coefficient (Wildman–Crippen LogP) is 22.3. The number of fused-ring (bicyclic) bond motifs is 8. The van der Waals surface area contributed by atoms with Gasteiger partial charge in [0.25, 0.3) is 0 Å². The minimum absolute atomic E-state index is 0.115. The maximum atomic E-state index is 4.31. The zero-order chi connectivity index (χ0) is 54.4. The molecular weight excluding hydrogens is 936 g/mol. The first kappa shape index (κ1) is 54.4. The van der Waals surface area contributed by atoms with Gasteiger partial charge in [0.1, 0.15) is 0 Å². The molecule has 7 aromatic carbocycles. The van der Waals surface area contributed by atoms with E-state index in [0.29, 0.717) is 0 Å². The topological polar surface area (TPSA) is 15.3 Å². The second-order valence-corrected chi connectivity index (χ2v) is 23.4. The van der Waals surface area contributed by atoms with Gasteiger partial charge in [-0.05, 0) is 155 Å². The Hall–Kier alpha value is -7.90. The van der Waals surface area contributed by atoms with Gasteiger partial charge in [0.05, 0.1) is 11.4 Å². The summed E-state index contributed by atoms with van der Waals surface area (Å²) < 4.78 is 0. The summed E-state index contributed by atoms with van der Waals surface area (Å²) >= 11 is 0. The van der Waals surface area contributed by atoms with Crippen molar-refractivity contribution in [2.24, 2.45) is 0 Å². The van der Waals surface area contributed by atoms with Crippen molar-refractivity contribution in [3.63, 3.8) is 0 Å². The standard InChI is InChI=1S/C63H59N2P.C6H10.C4H6/c1-11-13-20-46(12-2)66-59-35-30-42(37-49(59)50-40-45(32-36-60(50)66)65-57-25-18-15-22-52(57)62(7,8)53-23-16-19-26-58(53)65)27-28-43-29-33-47-48-34-31-44(39-55(48)63(9,10)54(47)38-43)64-56-24-17-14-21-51(56)61(5,6)41(3)4;1-3-5-6-4-2;1-3-4-2/h11-40,64H,1,3H2,2,4-10H3;3-6H,1-2H3;3-4H,1-2H2/b20-13-,28-27+,46-12+;5-3-,6-4-;. The maximum absolute atomic E-state index is 4.31. The van der Waals surface area contributed by atoms with E-state index in [9.17, 15) is 0 Å². The lowest BCUT2D eigenvalue weighted by Crippen LogP contribution is -2.30. The SMILES string of the molecule is C/C=C\C=C/C.C=C/C=C\C(=C/C)p1c2ccc(/C=C/c3ccc4c(c3)C(C)(C)c3cc(Nc5ccccc5C(C)(C)C(=C)C)ccc3-4)cc2c2cc(N3c4ccccc4C(C)(C)c4ccccc43)ccc21.C=CC=C. The molecule has 1 N–H and O–H groups in total. The third kappa shape index (κ3) is 10.4. The van der Waals surface area contributed by atoms with E-state index < -0.39 is 7.53 Å². The number of hydrogen-bond donors (Lipinski definition) is 1. The molecule has 3 heteroatoms. The Morgan fingerprint density at radius 1 is 0.566 bits per heavy atom. The van der Waals surface area contributed by atoms with Crippen molar-refractivity contribution < 1.29 is 0 Å². The Bertz CT molecular complexity index is 3600. The molecule has 1 atom stereocenters. The van der Waals surface area contributed by atoms with Crippen LogP contribution in [0.5, 0.6) is 0 Å². The van der Waals surface area contributed by atoms with Gasteiger partial charge in [-0.2, -0.15) is 0 Å². The Morgan fingerprint density at radius 2 is 1.09 bits per heavy atom. The molecule has 382 valence electrons. The minimum Gasteiger partial charge on any atom is -0.355 e. The fourth-order valence-corrected chi connectivity index (χ4v) is 13.4. The predicted molar refractivity (Wildman–Crippen MR) is 341 cm³/mol. The van der Waals surface area contributed by atoms with E-state index >= 15 is 0 Å². The van der Waals surface area contributed by atoms with Crippen molar-refractivity contribution in [1.29, 1.82) is 0 Å². The number of benzene rings is 7. The van der Waals surface area contributed by atoms with Crippen LogP contribution >= 0.6 is 7.53 Å². The third-order valence-corrected chi connectivity index (χ3v) is 18.1. The molecule has 2 aliphatic rings. The van der Waals surface area contributed by atoms with Crippen molar-refractivity contribution in [2.75, 3.05) is 10.2 Å². The van der Waals surface area contributed by atoms with Crippen molar-refractivity contribution in [2.45, 2.75) is 85.5 Å². The van der Waals surface area contributed by atoms with Crippen LogP contribution < -0.4 is 10.2 Å². The molecule has 8 aromatic rings. The first-order valence-electron chi connectivity index (χ1n) is 26.6. The molecule has 0 saturated heterocycles. The highest BCUT2D eigenvalue weighted by molar-refractivity contribution is 7.71. The summed E-state index contributed by atoms with van der Waals surface area (Å²) in [7, 11) is -0.756. The van der Waals surface area contributed by atoms with E-state index in [0.717, 1.165) is 16.9 Å². The smallest absolute Gasteiger partial charge is 0.0502 e. The molecule has 1 unspecified atom stereocenters. The summed E-state index contributed by atoms with van der Waals surface area (Å²) in [4.78, 5) is 2.48. The van der Waals surface area contributed by atoms with Crippen molar-refractivity contribution in [1.82, 2.24) is 0 Å². The van der Waals surface area contributed by atoms with Gasteiger partial charge in [-0.15, -0.1) is 0 Å². The number of hydrogen-bond acceptors (Lipinski definition) is 2. The van der Waals surface area contributed by atoms with Crippen LogP contribution in [-0.4, -0.2) is 0 Å². The first-order chi connectivity index (χ1) is 36.6. The maximum Gasteiger partial charge on any atom is 0.0502 e. The number of nitrogens with one attached hydrogen (secondary N) is 1. The fourth-order valence-electron chi connectivity index (χ4n) is 10.8. The summed E-state index contributed by atoms with van der Waals surface area (Å²) in [5.41, 5.74) is 18.2. The highest BCUT2D eigenvalue weighted by atomic mass is 31.1. The molecule has 1 aromatic heterocycles. The van der Waals surface area contributed by atoms with Gasteiger partial charge in [-0.1, -0.05) is 239 Å². The van der Waals surface area contributed by atoms with Crippen LogP contribution in [0, 0.1) is 0 Å². The van der Waals surface area contributed by atoms with E-state index in [1.807, 2.05) is 44.2 Å². The van der Waals surface area contributed by atoms with Gasteiger partial charge in [0.2, 0.25) is 0 Å². The zero-order valence-corrected chi connectivity index (χ0v) is 47.4. The van der Waals surface area contributed by atoms with Crippen molar-refractivity contribution in [3.8, 4) is 11.1 Å². The van der Waals surface area contributed by atoms with Gasteiger partial charge in [0.15, 0.2) is 0 Å². The highest BCUT2D eigenvalue weighted by Crippen LogP contribution is 2.58. The molecule has 0 spiro atoms. The van der Waals surface area contributed by atoms with Crippen molar-refractivity contribution in [3.05, 3.63) is 277 Å². The summed E-state index contributed by atoms with van der Waals surface area (Å²) in [5, 5.41) is 10.5. The summed E-state index contributed by atoms with van der Waals surface area (Å²) in [5.74, 6) is 0. The number of anilines is 5. The molecule has 1 aliphatic carbocycles. The normalized spacial score (nSPS) is 14.4. The second kappa shape index (κ2) is 22.9. The Kier molecular flexibility index (Phi) is 16.4. The lowest BCUT2D eigenvalue weighted by molar-refractivity contribution is 0.628. The second-order valence-electron chi connectivity index (χ2n) is 21.2. The van der Waals surface area contributed by atoms with Crippen LogP contribution in [-0.2, 0) is 16.2 Å². The van der Waals surface area contributed by atoms with E-state index in [2.05, 4.69) is 268 Å². The minimum atomic E-state index is -0.756. The Balaban J connectivity index is 0.000000702. The van der Waals surface area contributed by atoms with E-state index in [1.165, 1.54) is 93.5 Å². The van der Waals surface area contributed by atoms with E-state index in [1.54, 1.807) is 12.2 Å². The van der Waals surface area contributed by atoms with E-state index in [-0.39, 0.29) is 16.2 Å². The lowest BCUT2D eigenvalue weighted by Gasteiger charge is -2.42. The molecular formula is C73H75N2P. The average Bonchev–Trinajstić information content (AvgIpc) is 3.88. The molecule has 0 bridgehead atoms. The van der Waals surface area contributed by atoms with Gasteiger partial charge in [-0.25, -0.2) is 0 Å². The van der Waals surface area contributed by atoms with Crippen LogP contribution in [0.4, 0.5) is 28.4 Å². The number of rotatable bonds is 12. The molecule has 0 amide bonds. The van der Waals surface area contributed by atoms with Gasteiger partial charge in [0, 0.05) is 43.5 Å². The lowest BCUT2D eigenvalue weighted by atomic mass is 9.73. The van der Waals surface area contributed by atoms with Crippen LogP contribution in [0.1, 0.15) is 108 Å². The largest absolute Gasteiger partial charge is 0.355 e. The fraction of sp³-hybridized carbons (Fsp3) is 0.178. The molecule has 0 fully saturated rings. The van der Waals surface area contributed by atoms with Crippen LogP contribution in [0.2, 0.25) is 0 Å². The number of nitrogens with zero attached hydrogens (tertiary/aromatic N) is 1. The molecule has 0 saturated carbocycles. The van der Waals surface area contributed by atoms with E-state index in [4.69, 9.17) is 0 Å². The van der Waals surface area contributed by atoms with Gasteiger partial charge in [-0.3, -0.25) is 0 Å². The molecule has 2 nitrogen and oxygen atoms in total. The van der Waals surface area contributed by atoms with Crippen LogP contribution in [0.15, 0.2) is 238 Å². The van der Waals surface area contributed by atoms with Gasteiger partial charge >= 0.3 is 0 Å². The van der Waals surface area contributed by atoms with Crippen LogP contribution in [0.25, 0.3) is 49.6 Å². The van der Waals surface area contributed by atoms with Crippen molar-refractivity contribution >= 4 is 74.4 Å². The Labute approximate surface area is 456 Å². The first-order valence-corrected chi connectivity index (χ1v) is 27.9. The van der Waals surface area contributed by atoms with Crippen LogP contribution in [0.3, 0.4) is 0 Å². The van der Waals surface area contributed by atoms with Gasteiger partial charge < -0.3 is 10.2 Å². The monoisotopic (exact) mass is 1010 g/mol. The highest BCUT2D eigenvalue weighted by Gasteiger charge is 2.38. The third-order valence-electron chi connectivity index (χ3n) is 15.4. The summed E-state index contributed by atoms with van der Waals surface area (Å²) in [6.07, 6.45) is 24.3. The quantitative estimate of drug-likeness (QED) is 0.0745. The molecule has 10 rings (SSSR count). The molecule has 1 aliphatic heterocycles. The molecule has 2 heterocycles. The molecule has 0 radical (unpaired) electrons. The summed E-state index contributed by atoms with van der Waals surface area (Å²) in [6.45, 7) is 37.2.